The fourth-order valence-corrected chi connectivity index (χ4v) is 1.82. The van der Waals surface area contributed by atoms with Crippen molar-refractivity contribution in [2.75, 3.05) is 6.54 Å². The highest BCUT2D eigenvalue weighted by Crippen LogP contribution is 2.15. The molecule has 0 saturated heterocycles. The maximum atomic E-state index is 4.26. The predicted molar refractivity (Wildman–Crippen MR) is 67.8 cm³/mol. The average molecular weight is 246 g/mol. The monoisotopic (exact) mass is 246 g/mol. The van der Waals surface area contributed by atoms with Crippen molar-refractivity contribution in [3.05, 3.63) is 36.2 Å². The van der Waals surface area contributed by atoms with E-state index in [1.807, 2.05) is 13.1 Å². The van der Waals surface area contributed by atoms with Crippen LogP contribution in [0.3, 0.4) is 0 Å². The van der Waals surface area contributed by atoms with Gasteiger partial charge in [0.25, 0.3) is 0 Å². The first kappa shape index (κ1) is 12.6. The first-order valence-electron chi connectivity index (χ1n) is 6.14. The minimum Gasteiger partial charge on any atom is -0.310 e. The van der Waals surface area contributed by atoms with E-state index in [2.05, 4.69) is 32.5 Å². The van der Waals surface area contributed by atoms with Crippen LogP contribution in [0.5, 0.6) is 0 Å². The molecule has 2 aromatic heterocycles. The molecule has 0 aliphatic carbocycles. The fourth-order valence-electron chi connectivity index (χ4n) is 1.82. The van der Waals surface area contributed by atoms with E-state index >= 15 is 0 Å². The fraction of sp³-hybridized carbons (Fsp3) is 0.500. The lowest BCUT2D eigenvalue weighted by Gasteiger charge is -2.17. The zero-order valence-corrected chi connectivity index (χ0v) is 10.7. The molecule has 0 spiro atoms. The molecular weight excluding hydrogens is 228 g/mol. The number of rotatable bonds is 6. The summed E-state index contributed by atoms with van der Waals surface area (Å²) in [7, 11) is 1.91. The molecule has 0 fully saturated rings. The van der Waals surface area contributed by atoms with Crippen molar-refractivity contribution in [3.63, 3.8) is 0 Å². The summed E-state index contributed by atoms with van der Waals surface area (Å²) < 4.78 is 1.80. The summed E-state index contributed by atoms with van der Waals surface area (Å²) in [6, 6.07) is 2.18. The quantitative estimate of drug-likeness (QED) is 0.819. The van der Waals surface area contributed by atoms with Crippen LogP contribution < -0.4 is 5.32 Å². The van der Waals surface area contributed by atoms with Crippen molar-refractivity contribution in [1.82, 2.24) is 30.3 Å². The minimum atomic E-state index is 0.198. The van der Waals surface area contributed by atoms with Crippen LogP contribution in [0.1, 0.15) is 30.8 Å². The Hall–Kier alpha value is -1.82. The first-order valence-corrected chi connectivity index (χ1v) is 6.14. The molecule has 96 valence electrons. The van der Waals surface area contributed by atoms with Crippen molar-refractivity contribution in [2.24, 2.45) is 7.05 Å². The molecular formula is C12H18N6. The van der Waals surface area contributed by atoms with Gasteiger partial charge in [0.1, 0.15) is 12.2 Å². The van der Waals surface area contributed by atoms with Crippen LogP contribution in [0, 0.1) is 0 Å². The third-order valence-electron chi connectivity index (χ3n) is 2.84. The van der Waals surface area contributed by atoms with E-state index in [-0.39, 0.29) is 6.04 Å². The number of hydrogen-bond acceptors (Lipinski definition) is 5. The summed E-state index contributed by atoms with van der Waals surface area (Å²) in [5.74, 6) is 0.959. The molecule has 0 aliphatic heterocycles. The maximum absolute atomic E-state index is 4.26. The largest absolute Gasteiger partial charge is 0.310 e. The van der Waals surface area contributed by atoms with Gasteiger partial charge in [0.05, 0.1) is 6.20 Å². The first-order chi connectivity index (χ1) is 8.81. The molecule has 1 atom stereocenters. The molecule has 6 heteroatoms. The Bertz CT molecular complexity index is 466. The molecule has 1 N–H and O–H groups in total. The van der Waals surface area contributed by atoms with E-state index in [0.717, 1.165) is 30.8 Å². The molecule has 0 bridgehead atoms. The van der Waals surface area contributed by atoms with Gasteiger partial charge >= 0.3 is 0 Å². The molecule has 0 saturated carbocycles. The third-order valence-corrected chi connectivity index (χ3v) is 2.84. The van der Waals surface area contributed by atoms with E-state index in [1.165, 1.54) is 0 Å². The van der Waals surface area contributed by atoms with Crippen LogP contribution in [0.4, 0.5) is 0 Å². The van der Waals surface area contributed by atoms with E-state index in [4.69, 9.17) is 0 Å². The van der Waals surface area contributed by atoms with Crippen molar-refractivity contribution < 1.29 is 0 Å². The molecule has 2 rings (SSSR count). The second kappa shape index (κ2) is 6.20. The van der Waals surface area contributed by atoms with Gasteiger partial charge in [0.15, 0.2) is 0 Å². The average Bonchev–Trinajstić information content (AvgIpc) is 2.81. The van der Waals surface area contributed by atoms with Crippen LogP contribution in [0.25, 0.3) is 0 Å². The summed E-state index contributed by atoms with van der Waals surface area (Å²) in [6.07, 6.45) is 6.98. The Morgan fingerprint density at radius 3 is 2.89 bits per heavy atom. The number of nitrogens with one attached hydrogen (secondary N) is 1. The van der Waals surface area contributed by atoms with E-state index in [1.54, 1.807) is 23.4 Å². The molecule has 2 aromatic rings. The van der Waals surface area contributed by atoms with Crippen LogP contribution in [0.2, 0.25) is 0 Å². The Kier molecular flexibility index (Phi) is 4.35. The highest BCUT2D eigenvalue weighted by atomic mass is 15.3. The minimum absolute atomic E-state index is 0.198. The molecule has 2 heterocycles. The van der Waals surface area contributed by atoms with Crippen LogP contribution >= 0.6 is 0 Å². The lowest BCUT2D eigenvalue weighted by Crippen LogP contribution is -2.25. The van der Waals surface area contributed by atoms with Crippen LogP contribution in [-0.4, -0.2) is 31.5 Å². The molecule has 0 radical (unpaired) electrons. The normalized spacial score (nSPS) is 12.6. The Balaban J connectivity index is 2.13. The zero-order chi connectivity index (χ0) is 12.8. The lowest BCUT2D eigenvalue weighted by molar-refractivity contribution is 0.504. The van der Waals surface area contributed by atoms with Gasteiger partial charge in [0, 0.05) is 25.7 Å². The summed E-state index contributed by atoms with van der Waals surface area (Å²) in [4.78, 5) is 4.26. The number of nitrogens with zero attached hydrogens (tertiary/aromatic N) is 5. The van der Waals surface area contributed by atoms with Gasteiger partial charge in [-0.2, -0.15) is 15.3 Å². The lowest BCUT2D eigenvalue weighted by atomic mass is 10.1. The Labute approximate surface area is 106 Å². The Morgan fingerprint density at radius 1 is 1.39 bits per heavy atom. The second-order valence-corrected chi connectivity index (χ2v) is 4.19. The summed E-state index contributed by atoms with van der Waals surface area (Å²) in [5, 5.41) is 15.3. The van der Waals surface area contributed by atoms with Crippen molar-refractivity contribution >= 4 is 0 Å². The van der Waals surface area contributed by atoms with E-state index in [0.29, 0.717) is 0 Å². The van der Waals surface area contributed by atoms with Gasteiger partial charge in [-0.15, -0.1) is 0 Å². The molecule has 0 aromatic carbocycles. The highest BCUT2D eigenvalue weighted by Gasteiger charge is 2.14. The van der Waals surface area contributed by atoms with E-state index in [9.17, 15) is 0 Å². The van der Waals surface area contributed by atoms with Gasteiger partial charge in [-0.05, 0) is 24.6 Å². The van der Waals surface area contributed by atoms with Crippen molar-refractivity contribution in [1.29, 1.82) is 0 Å². The molecule has 1 unspecified atom stereocenters. The van der Waals surface area contributed by atoms with Gasteiger partial charge < -0.3 is 5.32 Å². The summed E-state index contributed by atoms with van der Waals surface area (Å²) >= 11 is 0. The number of aromatic nitrogens is 5. The standard InChI is InChI=1S/C12H18N6/c1-3-5-13-11(10-4-6-15-16-8-10)7-12-14-9-17-18(12)2/h4,6,8-9,11,13H,3,5,7H2,1-2H3. The summed E-state index contributed by atoms with van der Waals surface area (Å²) in [6.45, 7) is 3.11. The molecule has 0 aliphatic rings. The SMILES string of the molecule is CCCNC(Cc1ncnn1C)c1ccnnc1. The predicted octanol–water partition coefficient (Wildman–Crippen LogP) is 0.888. The third kappa shape index (κ3) is 3.10. The zero-order valence-electron chi connectivity index (χ0n) is 10.7. The van der Waals surface area contributed by atoms with Crippen LogP contribution in [0.15, 0.2) is 24.8 Å². The van der Waals surface area contributed by atoms with Crippen molar-refractivity contribution in [2.45, 2.75) is 25.8 Å². The molecule has 0 amide bonds. The van der Waals surface area contributed by atoms with Crippen molar-refractivity contribution in [3.8, 4) is 0 Å². The maximum Gasteiger partial charge on any atom is 0.138 e. The molecule has 6 nitrogen and oxygen atoms in total. The van der Waals surface area contributed by atoms with Gasteiger partial charge in [0.2, 0.25) is 0 Å². The van der Waals surface area contributed by atoms with E-state index < -0.39 is 0 Å². The van der Waals surface area contributed by atoms with Gasteiger partial charge in [-0.25, -0.2) is 4.98 Å². The smallest absolute Gasteiger partial charge is 0.138 e. The number of hydrogen-bond donors (Lipinski definition) is 1. The number of aryl methyl sites for hydroxylation is 1. The Morgan fingerprint density at radius 2 is 2.28 bits per heavy atom. The summed E-state index contributed by atoms with van der Waals surface area (Å²) in [5.41, 5.74) is 1.13. The van der Waals surface area contributed by atoms with Gasteiger partial charge in [-0.3, -0.25) is 4.68 Å². The topological polar surface area (TPSA) is 68.5 Å². The second-order valence-electron chi connectivity index (χ2n) is 4.19. The van der Waals surface area contributed by atoms with Gasteiger partial charge in [-0.1, -0.05) is 6.92 Å². The highest BCUT2D eigenvalue weighted by molar-refractivity contribution is 5.13. The molecule has 18 heavy (non-hydrogen) atoms. The van der Waals surface area contributed by atoms with Crippen LogP contribution in [-0.2, 0) is 13.5 Å².